The number of benzene rings is 2. The zero-order valence-electron chi connectivity index (χ0n) is 18.0. The van der Waals surface area contributed by atoms with E-state index >= 15 is 0 Å². The van der Waals surface area contributed by atoms with Crippen molar-refractivity contribution in [1.82, 2.24) is 10.6 Å². The minimum atomic E-state index is -0.836. The summed E-state index contributed by atoms with van der Waals surface area (Å²) < 4.78 is 5.55. The second-order valence-corrected chi connectivity index (χ2v) is 8.52. The molecule has 168 valence electrons. The van der Waals surface area contributed by atoms with Crippen molar-refractivity contribution in [3.8, 4) is 11.1 Å². The number of fused-ring (bicyclic) bond motifs is 3. The minimum Gasteiger partial charge on any atom is -0.481 e. The molecule has 0 spiro atoms. The summed E-state index contributed by atoms with van der Waals surface area (Å²) in [5, 5.41) is 14.5. The normalized spacial score (nSPS) is 19.8. The maximum absolute atomic E-state index is 12.6. The molecule has 2 aliphatic rings. The number of hydrogen-bond donors (Lipinski definition) is 3. The molecule has 0 unspecified atom stereocenters. The van der Waals surface area contributed by atoms with Gasteiger partial charge < -0.3 is 20.5 Å². The molecular formula is C25H28N2O5. The standard InChI is InChI=1S/C25H28N2O5/c1-2-7-22(23(28)26-16-12-15(13-16)24(29)30)27-25(31)32-14-21-19-10-5-3-8-17(19)18-9-4-6-11-20(18)21/h3-6,8-11,15-16,21-22H,2,7,12-14H2,1H3,(H,26,28)(H,27,31)(H,29,30)/t15?,16?,22-/m1/s1. The minimum absolute atomic E-state index is 0.0467. The van der Waals surface area contributed by atoms with Crippen molar-refractivity contribution in [2.24, 2.45) is 5.92 Å². The molecule has 4 rings (SSSR count). The highest BCUT2D eigenvalue weighted by atomic mass is 16.5. The molecule has 0 radical (unpaired) electrons. The lowest BCUT2D eigenvalue weighted by Crippen LogP contribution is -2.53. The topological polar surface area (TPSA) is 105 Å². The molecule has 1 fully saturated rings. The predicted molar refractivity (Wildman–Crippen MR) is 119 cm³/mol. The van der Waals surface area contributed by atoms with Crippen molar-refractivity contribution in [1.29, 1.82) is 0 Å². The SMILES string of the molecule is CCC[C@@H](NC(=O)OCC1c2ccccc2-c2ccccc21)C(=O)NC1CC(C(=O)O)C1. The first-order valence-electron chi connectivity index (χ1n) is 11.1. The third-order valence-electron chi connectivity index (χ3n) is 6.36. The third kappa shape index (κ3) is 4.47. The van der Waals surface area contributed by atoms with E-state index in [-0.39, 0.29) is 24.5 Å². The summed E-state index contributed by atoms with van der Waals surface area (Å²) in [6, 6.07) is 15.3. The average molecular weight is 437 g/mol. The van der Waals surface area contributed by atoms with Gasteiger partial charge in [-0.2, -0.15) is 0 Å². The molecule has 0 aliphatic heterocycles. The Bertz CT molecular complexity index is 969. The lowest BCUT2D eigenvalue weighted by Gasteiger charge is -2.34. The lowest BCUT2D eigenvalue weighted by molar-refractivity contribution is -0.146. The number of aliphatic carboxylic acids is 1. The van der Waals surface area contributed by atoms with Crippen molar-refractivity contribution in [3.63, 3.8) is 0 Å². The first-order chi connectivity index (χ1) is 15.5. The van der Waals surface area contributed by atoms with Crippen molar-refractivity contribution < 1.29 is 24.2 Å². The van der Waals surface area contributed by atoms with Crippen LogP contribution in [0.4, 0.5) is 4.79 Å². The summed E-state index contributed by atoms with van der Waals surface area (Å²) >= 11 is 0. The highest BCUT2D eigenvalue weighted by molar-refractivity contribution is 5.86. The number of carbonyl (C=O) groups is 3. The molecule has 1 atom stereocenters. The molecule has 2 amide bonds. The van der Waals surface area contributed by atoms with Gasteiger partial charge >= 0.3 is 12.1 Å². The molecule has 7 nitrogen and oxygen atoms in total. The van der Waals surface area contributed by atoms with Crippen molar-refractivity contribution in [2.45, 2.75) is 50.6 Å². The largest absolute Gasteiger partial charge is 0.481 e. The summed E-state index contributed by atoms with van der Waals surface area (Å²) in [5.41, 5.74) is 4.56. The highest BCUT2D eigenvalue weighted by Crippen LogP contribution is 2.44. The van der Waals surface area contributed by atoms with Crippen LogP contribution >= 0.6 is 0 Å². The molecule has 2 aromatic rings. The van der Waals surface area contributed by atoms with Gasteiger partial charge in [-0.25, -0.2) is 4.79 Å². The van der Waals surface area contributed by atoms with Gasteiger partial charge in [0.25, 0.3) is 0 Å². The van der Waals surface area contributed by atoms with Gasteiger partial charge in [-0.05, 0) is 41.5 Å². The smallest absolute Gasteiger partial charge is 0.407 e. The van der Waals surface area contributed by atoms with Crippen LogP contribution in [0, 0.1) is 5.92 Å². The van der Waals surface area contributed by atoms with Gasteiger partial charge in [-0.3, -0.25) is 9.59 Å². The number of ether oxygens (including phenoxy) is 1. The first-order valence-corrected chi connectivity index (χ1v) is 11.1. The van der Waals surface area contributed by atoms with Crippen LogP contribution in [0.15, 0.2) is 48.5 Å². The van der Waals surface area contributed by atoms with Crippen LogP contribution in [0.1, 0.15) is 49.7 Å². The highest BCUT2D eigenvalue weighted by Gasteiger charge is 2.36. The van der Waals surface area contributed by atoms with Gasteiger partial charge in [0, 0.05) is 12.0 Å². The van der Waals surface area contributed by atoms with Gasteiger partial charge in [-0.15, -0.1) is 0 Å². The van der Waals surface area contributed by atoms with E-state index in [1.807, 2.05) is 31.2 Å². The molecule has 2 aromatic carbocycles. The number of rotatable bonds is 8. The van der Waals surface area contributed by atoms with Crippen molar-refractivity contribution in [2.75, 3.05) is 6.61 Å². The fraction of sp³-hybridized carbons (Fsp3) is 0.400. The Morgan fingerprint density at radius 2 is 1.62 bits per heavy atom. The zero-order chi connectivity index (χ0) is 22.7. The Balaban J connectivity index is 1.34. The van der Waals surface area contributed by atoms with E-state index in [9.17, 15) is 14.4 Å². The average Bonchev–Trinajstić information content (AvgIpc) is 3.07. The molecule has 2 aliphatic carbocycles. The van der Waals surface area contributed by atoms with Crippen LogP contribution in [0.25, 0.3) is 11.1 Å². The Kier molecular flexibility index (Phi) is 6.44. The lowest BCUT2D eigenvalue weighted by atomic mass is 9.80. The Labute approximate surface area is 187 Å². The molecule has 0 aromatic heterocycles. The summed E-state index contributed by atoms with van der Waals surface area (Å²) in [7, 11) is 0. The van der Waals surface area contributed by atoms with Crippen LogP contribution < -0.4 is 10.6 Å². The molecule has 3 N–H and O–H groups in total. The second-order valence-electron chi connectivity index (χ2n) is 8.52. The van der Waals surface area contributed by atoms with E-state index in [1.165, 1.54) is 0 Å². The molecule has 1 saturated carbocycles. The molecule has 0 heterocycles. The van der Waals surface area contributed by atoms with Gasteiger partial charge in [0.1, 0.15) is 12.6 Å². The van der Waals surface area contributed by atoms with Crippen molar-refractivity contribution in [3.05, 3.63) is 59.7 Å². The molecule has 7 heteroatoms. The molecule has 0 saturated heterocycles. The number of carboxylic acid groups (broad SMARTS) is 1. The fourth-order valence-corrected chi connectivity index (χ4v) is 4.58. The van der Waals surface area contributed by atoms with Crippen LogP contribution in [0.5, 0.6) is 0 Å². The number of nitrogens with one attached hydrogen (secondary N) is 2. The summed E-state index contributed by atoms with van der Waals surface area (Å²) in [5.74, 6) is -1.58. The number of carbonyl (C=O) groups excluding carboxylic acids is 2. The number of alkyl carbamates (subject to hydrolysis) is 1. The van der Waals surface area contributed by atoms with Crippen molar-refractivity contribution >= 4 is 18.0 Å². The fourth-order valence-electron chi connectivity index (χ4n) is 4.58. The van der Waals surface area contributed by atoms with E-state index in [2.05, 4.69) is 34.9 Å². The van der Waals surface area contributed by atoms with E-state index in [4.69, 9.17) is 9.84 Å². The zero-order valence-corrected chi connectivity index (χ0v) is 18.0. The maximum Gasteiger partial charge on any atom is 0.407 e. The van der Waals surface area contributed by atoms with Gasteiger partial charge in [0.15, 0.2) is 0 Å². The maximum atomic E-state index is 12.6. The molecule has 0 bridgehead atoms. The Morgan fingerprint density at radius 3 is 2.19 bits per heavy atom. The number of amides is 2. The van der Waals surface area contributed by atoms with E-state index in [0.717, 1.165) is 22.3 Å². The second kappa shape index (κ2) is 9.42. The first kappa shape index (κ1) is 21.9. The van der Waals surface area contributed by atoms with Gasteiger partial charge in [0.2, 0.25) is 5.91 Å². The summed E-state index contributed by atoms with van der Waals surface area (Å²) in [6.45, 7) is 2.12. The predicted octanol–water partition coefficient (Wildman–Crippen LogP) is 3.67. The van der Waals surface area contributed by atoms with Crippen LogP contribution in [-0.2, 0) is 14.3 Å². The quantitative estimate of drug-likeness (QED) is 0.586. The Morgan fingerprint density at radius 1 is 1.03 bits per heavy atom. The van der Waals surface area contributed by atoms with Gasteiger partial charge in [-0.1, -0.05) is 61.9 Å². The van der Waals surface area contributed by atoms with Crippen LogP contribution in [0.2, 0.25) is 0 Å². The van der Waals surface area contributed by atoms with Crippen LogP contribution in [0.3, 0.4) is 0 Å². The van der Waals surface area contributed by atoms with E-state index in [0.29, 0.717) is 25.7 Å². The molecular weight excluding hydrogens is 408 g/mol. The summed E-state index contributed by atoms with van der Waals surface area (Å²) in [6.07, 6.45) is 1.41. The number of hydrogen-bond acceptors (Lipinski definition) is 4. The van der Waals surface area contributed by atoms with Gasteiger partial charge in [0.05, 0.1) is 5.92 Å². The van der Waals surface area contributed by atoms with E-state index < -0.39 is 24.0 Å². The Hall–Kier alpha value is -3.35. The summed E-state index contributed by atoms with van der Waals surface area (Å²) in [4.78, 5) is 36.1. The van der Waals surface area contributed by atoms with Crippen LogP contribution in [-0.4, -0.2) is 41.8 Å². The monoisotopic (exact) mass is 436 g/mol. The molecule has 32 heavy (non-hydrogen) atoms. The number of carboxylic acids is 1. The van der Waals surface area contributed by atoms with E-state index in [1.54, 1.807) is 0 Å². The third-order valence-corrected chi connectivity index (χ3v) is 6.36.